The van der Waals surface area contributed by atoms with Crippen molar-refractivity contribution in [3.05, 3.63) is 46.8 Å². The van der Waals surface area contributed by atoms with Crippen molar-refractivity contribution in [2.75, 3.05) is 17.2 Å². The van der Waals surface area contributed by atoms with Crippen LogP contribution in [0.1, 0.15) is 53.5 Å². The highest BCUT2D eigenvalue weighted by Gasteiger charge is 2.11. The summed E-state index contributed by atoms with van der Waals surface area (Å²) in [6.07, 6.45) is 3.40. The van der Waals surface area contributed by atoms with Crippen molar-refractivity contribution in [1.29, 1.82) is 0 Å². The molecule has 1 aromatic heterocycles. The number of nitrogens with one attached hydrogen (secondary N) is 2. The van der Waals surface area contributed by atoms with E-state index in [1.54, 1.807) is 6.07 Å². The number of hydrogen-bond acceptors (Lipinski definition) is 4. The Morgan fingerprint density at radius 2 is 1.71 bits per heavy atom. The lowest BCUT2D eigenvalue weighted by atomic mass is 10.1. The third-order valence-corrected chi connectivity index (χ3v) is 3.63. The molecule has 0 aliphatic heterocycles. The summed E-state index contributed by atoms with van der Waals surface area (Å²) in [7, 11) is 0. The topological polar surface area (TPSA) is 66.9 Å². The molecule has 0 spiro atoms. The van der Waals surface area contributed by atoms with Gasteiger partial charge in [-0.15, -0.1) is 0 Å². The molecular weight excluding hydrogens is 300 g/mol. The van der Waals surface area contributed by atoms with E-state index in [9.17, 15) is 4.79 Å². The van der Waals surface area contributed by atoms with E-state index < -0.39 is 0 Å². The fraction of sp³-hybridized carbons (Fsp3) is 0.421. The summed E-state index contributed by atoms with van der Waals surface area (Å²) in [5.74, 6) is 0.291. The van der Waals surface area contributed by atoms with E-state index in [1.165, 1.54) is 12.8 Å². The molecule has 2 rings (SSSR count). The van der Waals surface area contributed by atoms with Crippen LogP contribution in [-0.4, -0.2) is 22.4 Å². The van der Waals surface area contributed by atoms with Crippen LogP contribution in [-0.2, 0) is 0 Å². The van der Waals surface area contributed by atoms with Crippen LogP contribution in [0, 0.1) is 20.8 Å². The molecule has 5 nitrogen and oxygen atoms in total. The zero-order chi connectivity index (χ0) is 17.5. The molecule has 0 bridgehead atoms. The Kier molecular flexibility index (Phi) is 6.29. The van der Waals surface area contributed by atoms with E-state index in [-0.39, 0.29) is 5.91 Å². The standard InChI is InChI=1S/C19H26N4O/c1-5-6-7-8-20-19-21-15(4)12-17(23-19)18(24)22-16-10-13(2)9-14(3)11-16/h9-12H,5-8H2,1-4H3,(H,22,24)(H,20,21,23). The van der Waals surface area contributed by atoms with E-state index in [4.69, 9.17) is 0 Å². The third kappa shape index (κ3) is 5.33. The van der Waals surface area contributed by atoms with E-state index in [0.717, 1.165) is 35.5 Å². The van der Waals surface area contributed by atoms with E-state index in [1.807, 2.05) is 32.9 Å². The fourth-order valence-electron chi connectivity index (χ4n) is 2.58. The Morgan fingerprint density at radius 1 is 1.00 bits per heavy atom. The summed E-state index contributed by atoms with van der Waals surface area (Å²) in [6.45, 7) is 8.87. The zero-order valence-electron chi connectivity index (χ0n) is 14.9. The van der Waals surface area contributed by atoms with Crippen molar-refractivity contribution in [3.63, 3.8) is 0 Å². The summed E-state index contributed by atoms with van der Waals surface area (Å²) >= 11 is 0. The van der Waals surface area contributed by atoms with Gasteiger partial charge in [0.1, 0.15) is 5.69 Å². The maximum atomic E-state index is 12.5. The molecule has 2 aromatic rings. The van der Waals surface area contributed by atoms with Crippen LogP contribution in [0.3, 0.4) is 0 Å². The first-order valence-corrected chi connectivity index (χ1v) is 8.47. The highest BCUT2D eigenvalue weighted by atomic mass is 16.1. The highest BCUT2D eigenvalue weighted by Crippen LogP contribution is 2.15. The molecule has 5 heteroatoms. The average Bonchev–Trinajstić information content (AvgIpc) is 2.50. The van der Waals surface area contributed by atoms with Gasteiger partial charge >= 0.3 is 0 Å². The van der Waals surface area contributed by atoms with Gasteiger partial charge in [0.05, 0.1) is 0 Å². The van der Waals surface area contributed by atoms with Crippen molar-refractivity contribution >= 4 is 17.5 Å². The largest absolute Gasteiger partial charge is 0.354 e. The van der Waals surface area contributed by atoms with Crippen molar-refractivity contribution in [1.82, 2.24) is 9.97 Å². The molecule has 0 radical (unpaired) electrons. The van der Waals surface area contributed by atoms with Gasteiger partial charge in [-0.25, -0.2) is 9.97 Å². The number of carbonyl (C=O) groups is 1. The van der Waals surface area contributed by atoms with Crippen LogP contribution in [0.4, 0.5) is 11.6 Å². The lowest BCUT2D eigenvalue weighted by Crippen LogP contribution is -2.16. The molecule has 0 fully saturated rings. The number of amides is 1. The number of nitrogens with zero attached hydrogens (tertiary/aromatic N) is 2. The first-order chi connectivity index (χ1) is 11.5. The number of unbranched alkanes of at least 4 members (excludes halogenated alkanes) is 2. The quantitative estimate of drug-likeness (QED) is 0.746. The molecule has 1 heterocycles. The van der Waals surface area contributed by atoms with Gasteiger partial charge in [0.2, 0.25) is 5.95 Å². The van der Waals surface area contributed by atoms with Gasteiger partial charge < -0.3 is 10.6 Å². The number of aryl methyl sites for hydroxylation is 3. The highest BCUT2D eigenvalue weighted by molar-refractivity contribution is 6.03. The molecule has 0 saturated heterocycles. The molecule has 1 amide bonds. The summed E-state index contributed by atoms with van der Waals surface area (Å²) in [4.78, 5) is 21.2. The van der Waals surface area contributed by atoms with Crippen molar-refractivity contribution in [2.24, 2.45) is 0 Å². The Hall–Kier alpha value is -2.43. The lowest BCUT2D eigenvalue weighted by molar-refractivity contribution is 0.102. The molecular formula is C19H26N4O. The number of anilines is 2. The predicted molar refractivity (Wildman–Crippen MR) is 98.7 cm³/mol. The summed E-state index contributed by atoms with van der Waals surface area (Å²) in [5.41, 5.74) is 4.16. The lowest BCUT2D eigenvalue weighted by Gasteiger charge is -2.10. The van der Waals surface area contributed by atoms with Gasteiger partial charge in [-0.1, -0.05) is 25.8 Å². The first kappa shape index (κ1) is 17.9. The monoisotopic (exact) mass is 326 g/mol. The van der Waals surface area contributed by atoms with Gasteiger partial charge in [-0.05, 0) is 56.5 Å². The van der Waals surface area contributed by atoms with Crippen LogP contribution >= 0.6 is 0 Å². The normalized spacial score (nSPS) is 10.5. The number of benzene rings is 1. The molecule has 0 atom stereocenters. The van der Waals surface area contributed by atoms with Crippen molar-refractivity contribution < 1.29 is 4.79 Å². The van der Waals surface area contributed by atoms with Crippen LogP contribution in [0.5, 0.6) is 0 Å². The summed E-state index contributed by atoms with van der Waals surface area (Å²) < 4.78 is 0. The maximum Gasteiger partial charge on any atom is 0.274 e. The smallest absolute Gasteiger partial charge is 0.274 e. The zero-order valence-corrected chi connectivity index (χ0v) is 14.9. The summed E-state index contributed by atoms with van der Waals surface area (Å²) in [5, 5.41) is 6.11. The maximum absolute atomic E-state index is 12.5. The molecule has 24 heavy (non-hydrogen) atoms. The third-order valence-electron chi connectivity index (χ3n) is 3.63. The number of carbonyl (C=O) groups excluding carboxylic acids is 1. The second kappa shape index (κ2) is 8.43. The minimum Gasteiger partial charge on any atom is -0.354 e. The van der Waals surface area contributed by atoms with Crippen LogP contribution in [0.25, 0.3) is 0 Å². The molecule has 0 aliphatic carbocycles. The van der Waals surface area contributed by atoms with Gasteiger partial charge in [0, 0.05) is 17.9 Å². The van der Waals surface area contributed by atoms with Gasteiger partial charge in [-0.3, -0.25) is 4.79 Å². The first-order valence-electron chi connectivity index (χ1n) is 8.47. The van der Waals surface area contributed by atoms with Crippen LogP contribution in [0.2, 0.25) is 0 Å². The second-order valence-corrected chi connectivity index (χ2v) is 6.18. The van der Waals surface area contributed by atoms with Gasteiger partial charge in [0.25, 0.3) is 5.91 Å². The fourth-order valence-corrected chi connectivity index (χ4v) is 2.58. The Labute approximate surface area is 143 Å². The van der Waals surface area contributed by atoms with Crippen molar-refractivity contribution in [3.8, 4) is 0 Å². The molecule has 0 aliphatic rings. The Balaban J connectivity index is 2.09. The van der Waals surface area contributed by atoms with Crippen LogP contribution < -0.4 is 10.6 Å². The SMILES string of the molecule is CCCCCNc1nc(C)cc(C(=O)Nc2cc(C)cc(C)c2)n1. The molecule has 0 saturated carbocycles. The van der Waals surface area contributed by atoms with Gasteiger partial charge in [-0.2, -0.15) is 0 Å². The van der Waals surface area contributed by atoms with Crippen molar-refractivity contribution in [2.45, 2.75) is 47.0 Å². The minimum atomic E-state index is -0.220. The molecule has 2 N–H and O–H groups in total. The second-order valence-electron chi connectivity index (χ2n) is 6.18. The number of aromatic nitrogens is 2. The number of hydrogen-bond donors (Lipinski definition) is 2. The minimum absolute atomic E-state index is 0.220. The molecule has 0 unspecified atom stereocenters. The van der Waals surface area contributed by atoms with Crippen LogP contribution in [0.15, 0.2) is 24.3 Å². The van der Waals surface area contributed by atoms with E-state index >= 15 is 0 Å². The Morgan fingerprint density at radius 3 is 2.38 bits per heavy atom. The molecule has 1 aromatic carbocycles. The average molecular weight is 326 g/mol. The molecule has 128 valence electrons. The Bertz CT molecular complexity index is 692. The van der Waals surface area contributed by atoms with Gasteiger partial charge in [0.15, 0.2) is 0 Å². The predicted octanol–water partition coefficient (Wildman–Crippen LogP) is 4.26. The van der Waals surface area contributed by atoms with E-state index in [0.29, 0.717) is 11.6 Å². The summed E-state index contributed by atoms with van der Waals surface area (Å²) in [6, 6.07) is 7.67. The number of rotatable bonds is 7. The van der Waals surface area contributed by atoms with E-state index in [2.05, 4.69) is 33.6 Å².